The van der Waals surface area contributed by atoms with Crippen molar-refractivity contribution in [2.24, 2.45) is 0 Å². The molecular formula is C15H20ClNO3. The van der Waals surface area contributed by atoms with Gasteiger partial charge in [-0.15, -0.1) is 0 Å². The van der Waals surface area contributed by atoms with Gasteiger partial charge < -0.3 is 10.4 Å². The lowest BCUT2D eigenvalue weighted by Crippen LogP contribution is -2.35. The second-order valence-electron chi connectivity index (χ2n) is 4.79. The van der Waals surface area contributed by atoms with Gasteiger partial charge in [-0.25, -0.2) is 4.79 Å². The molecule has 4 nitrogen and oxygen atoms in total. The maximum absolute atomic E-state index is 10.8. The molecule has 5 heteroatoms. The van der Waals surface area contributed by atoms with Gasteiger partial charge in [-0.1, -0.05) is 43.2 Å². The lowest BCUT2D eigenvalue weighted by molar-refractivity contribution is -0.111. The molecule has 0 heterocycles. The van der Waals surface area contributed by atoms with E-state index in [-0.39, 0.29) is 11.3 Å². The summed E-state index contributed by atoms with van der Waals surface area (Å²) in [7, 11) is 0. The SMILES string of the molecule is O=C(Cl)CCCCCC(Cc1ccccc1)NC(=O)O. The fraction of sp³-hybridized carbons (Fsp3) is 0.467. The topological polar surface area (TPSA) is 66.4 Å². The molecule has 0 aromatic heterocycles. The number of benzene rings is 1. The van der Waals surface area contributed by atoms with Crippen LogP contribution in [0.1, 0.15) is 37.7 Å². The number of hydrogen-bond donors (Lipinski definition) is 2. The largest absolute Gasteiger partial charge is 0.465 e. The highest BCUT2D eigenvalue weighted by atomic mass is 35.5. The predicted molar refractivity (Wildman–Crippen MR) is 79.0 cm³/mol. The van der Waals surface area contributed by atoms with Gasteiger partial charge in [0.1, 0.15) is 0 Å². The van der Waals surface area contributed by atoms with Crippen LogP contribution in [0.5, 0.6) is 0 Å². The predicted octanol–water partition coefficient (Wildman–Crippen LogP) is 3.58. The molecule has 0 aliphatic heterocycles. The Balaban J connectivity index is 2.36. The van der Waals surface area contributed by atoms with Gasteiger partial charge in [0.05, 0.1) is 0 Å². The zero-order chi connectivity index (χ0) is 14.8. The van der Waals surface area contributed by atoms with Crippen LogP contribution in [0.3, 0.4) is 0 Å². The Bertz CT molecular complexity index is 422. The van der Waals surface area contributed by atoms with Crippen LogP contribution in [0, 0.1) is 0 Å². The average Bonchev–Trinajstić information content (AvgIpc) is 2.38. The van der Waals surface area contributed by atoms with Crippen LogP contribution >= 0.6 is 11.6 Å². The second-order valence-corrected chi connectivity index (χ2v) is 5.21. The van der Waals surface area contributed by atoms with E-state index < -0.39 is 6.09 Å². The summed E-state index contributed by atoms with van der Waals surface area (Å²) in [5.41, 5.74) is 1.11. The molecule has 1 rings (SSSR count). The second kappa shape index (κ2) is 9.37. The van der Waals surface area contributed by atoms with Crippen LogP contribution in [0.2, 0.25) is 0 Å². The zero-order valence-corrected chi connectivity index (χ0v) is 12.1. The normalized spacial score (nSPS) is 11.8. The summed E-state index contributed by atoms with van der Waals surface area (Å²) in [6, 6.07) is 9.71. The number of carbonyl (C=O) groups is 2. The molecule has 1 atom stereocenters. The number of halogens is 1. The van der Waals surface area contributed by atoms with Crippen LogP contribution in [0.4, 0.5) is 4.79 Å². The minimum atomic E-state index is -0.998. The minimum absolute atomic E-state index is 0.0957. The Morgan fingerprint density at radius 2 is 1.85 bits per heavy atom. The third kappa shape index (κ3) is 7.79. The van der Waals surface area contributed by atoms with Crippen molar-refractivity contribution in [2.75, 3.05) is 0 Å². The highest BCUT2D eigenvalue weighted by Gasteiger charge is 2.12. The third-order valence-electron chi connectivity index (χ3n) is 3.08. The standard InChI is InChI=1S/C15H20ClNO3/c16-14(18)10-6-2-5-9-13(17-15(19)20)11-12-7-3-1-4-8-12/h1,3-4,7-8,13,17H,2,5-6,9-11H2,(H,19,20). The van der Waals surface area contributed by atoms with Crippen molar-refractivity contribution in [3.05, 3.63) is 35.9 Å². The summed E-state index contributed by atoms with van der Waals surface area (Å²) < 4.78 is 0. The van der Waals surface area contributed by atoms with Crippen molar-refractivity contribution in [3.8, 4) is 0 Å². The van der Waals surface area contributed by atoms with E-state index in [0.29, 0.717) is 12.8 Å². The Morgan fingerprint density at radius 3 is 2.45 bits per heavy atom. The smallest absolute Gasteiger partial charge is 0.404 e. The maximum Gasteiger partial charge on any atom is 0.404 e. The van der Waals surface area contributed by atoms with Crippen molar-refractivity contribution in [3.63, 3.8) is 0 Å². The van der Waals surface area contributed by atoms with E-state index in [1.807, 2.05) is 30.3 Å². The molecule has 110 valence electrons. The molecule has 0 saturated heterocycles. The van der Waals surface area contributed by atoms with Gasteiger partial charge in [0.25, 0.3) is 0 Å². The number of unbranched alkanes of at least 4 members (excludes halogenated alkanes) is 2. The monoisotopic (exact) mass is 297 g/mol. The van der Waals surface area contributed by atoms with Gasteiger partial charge in [0.15, 0.2) is 0 Å². The van der Waals surface area contributed by atoms with Gasteiger partial charge in [-0.2, -0.15) is 0 Å². The lowest BCUT2D eigenvalue weighted by Gasteiger charge is -2.17. The molecule has 20 heavy (non-hydrogen) atoms. The first-order chi connectivity index (χ1) is 9.58. The number of amides is 1. The molecule has 0 radical (unpaired) electrons. The zero-order valence-electron chi connectivity index (χ0n) is 11.3. The number of carboxylic acid groups (broad SMARTS) is 1. The van der Waals surface area contributed by atoms with E-state index in [1.165, 1.54) is 0 Å². The van der Waals surface area contributed by atoms with E-state index in [1.54, 1.807) is 0 Å². The Morgan fingerprint density at radius 1 is 1.15 bits per heavy atom. The molecule has 0 bridgehead atoms. The van der Waals surface area contributed by atoms with Crippen molar-refractivity contribution >= 4 is 22.9 Å². The van der Waals surface area contributed by atoms with Gasteiger partial charge >= 0.3 is 6.09 Å². The van der Waals surface area contributed by atoms with E-state index in [0.717, 1.165) is 31.2 Å². The fourth-order valence-corrected chi connectivity index (χ4v) is 2.26. The summed E-state index contributed by atoms with van der Waals surface area (Å²) in [4.78, 5) is 21.4. The maximum atomic E-state index is 10.8. The first kappa shape index (κ1) is 16.5. The Kier molecular flexibility index (Phi) is 7.73. The fourth-order valence-electron chi connectivity index (χ4n) is 2.13. The molecule has 1 aromatic rings. The van der Waals surface area contributed by atoms with Crippen molar-refractivity contribution in [2.45, 2.75) is 44.6 Å². The van der Waals surface area contributed by atoms with Crippen LogP contribution in [-0.4, -0.2) is 22.5 Å². The first-order valence-corrected chi connectivity index (χ1v) is 7.17. The van der Waals surface area contributed by atoms with Crippen LogP contribution < -0.4 is 5.32 Å². The number of hydrogen-bond acceptors (Lipinski definition) is 2. The number of carbonyl (C=O) groups excluding carboxylic acids is 1. The van der Waals surface area contributed by atoms with Crippen LogP contribution in [0.25, 0.3) is 0 Å². The Hall–Kier alpha value is -1.55. The summed E-state index contributed by atoms with van der Waals surface area (Å²) in [6.07, 6.45) is 3.35. The van der Waals surface area contributed by atoms with Gasteiger partial charge in [0, 0.05) is 12.5 Å². The third-order valence-corrected chi connectivity index (χ3v) is 3.27. The molecule has 0 aliphatic carbocycles. The van der Waals surface area contributed by atoms with Crippen LogP contribution in [-0.2, 0) is 11.2 Å². The van der Waals surface area contributed by atoms with Gasteiger partial charge in [-0.3, -0.25) is 4.79 Å². The van der Waals surface area contributed by atoms with Crippen molar-refractivity contribution < 1.29 is 14.7 Å². The summed E-state index contributed by atoms with van der Waals surface area (Å²) in [5, 5.41) is 11.1. The molecule has 0 aliphatic rings. The molecule has 2 N–H and O–H groups in total. The molecule has 1 unspecified atom stereocenters. The quantitative estimate of drug-likeness (QED) is 0.541. The van der Waals surface area contributed by atoms with E-state index in [9.17, 15) is 9.59 Å². The molecular weight excluding hydrogens is 278 g/mol. The van der Waals surface area contributed by atoms with E-state index >= 15 is 0 Å². The highest BCUT2D eigenvalue weighted by molar-refractivity contribution is 6.63. The summed E-state index contributed by atoms with van der Waals surface area (Å²) in [5.74, 6) is 0. The molecule has 0 saturated carbocycles. The average molecular weight is 298 g/mol. The minimum Gasteiger partial charge on any atom is -0.465 e. The summed E-state index contributed by atoms with van der Waals surface area (Å²) in [6.45, 7) is 0. The van der Waals surface area contributed by atoms with Crippen molar-refractivity contribution in [1.82, 2.24) is 5.32 Å². The molecule has 1 amide bonds. The Labute approximate surface area is 124 Å². The number of rotatable bonds is 9. The summed E-state index contributed by atoms with van der Waals surface area (Å²) >= 11 is 5.27. The lowest BCUT2D eigenvalue weighted by atomic mass is 10.00. The van der Waals surface area contributed by atoms with E-state index in [4.69, 9.17) is 16.7 Å². The van der Waals surface area contributed by atoms with Crippen LogP contribution in [0.15, 0.2) is 30.3 Å². The van der Waals surface area contributed by atoms with Gasteiger partial charge in [0.2, 0.25) is 5.24 Å². The molecule has 1 aromatic carbocycles. The molecule has 0 spiro atoms. The molecule has 0 fully saturated rings. The highest BCUT2D eigenvalue weighted by Crippen LogP contribution is 2.11. The van der Waals surface area contributed by atoms with Crippen molar-refractivity contribution in [1.29, 1.82) is 0 Å². The number of nitrogens with one attached hydrogen (secondary N) is 1. The van der Waals surface area contributed by atoms with Gasteiger partial charge in [-0.05, 0) is 36.4 Å². The van der Waals surface area contributed by atoms with E-state index in [2.05, 4.69) is 5.32 Å². The first-order valence-electron chi connectivity index (χ1n) is 6.79.